The number of rotatable bonds is 6. The third kappa shape index (κ3) is 5.07. The molecule has 0 saturated carbocycles. The fourth-order valence-corrected chi connectivity index (χ4v) is 2.94. The second-order valence-electron chi connectivity index (χ2n) is 5.44. The highest BCUT2D eigenvalue weighted by Crippen LogP contribution is 2.21. The Kier molecular flexibility index (Phi) is 6.23. The minimum absolute atomic E-state index is 0.233. The summed E-state index contributed by atoms with van der Waals surface area (Å²) in [5, 5.41) is 1.96. The van der Waals surface area contributed by atoms with Gasteiger partial charge in [-0.1, -0.05) is 30.0 Å². The molecule has 0 spiro atoms. The molecule has 2 nitrogen and oxygen atoms in total. The number of ether oxygens (including phenoxy) is 1. The first-order valence-electron chi connectivity index (χ1n) is 8.11. The molecule has 0 heterocycles. The molecule has 0 unspecified atom stereocenters. The van der Waals surface area contributed by atoms with Gasteiger partial charge in [0.2, 0.25) is 0 Å². The predicted octanol–water partition coefficient (Wildman–Crippen LogP) is 6.26. The van der Waals surface area contributed by atoms with Gasteiger partial charge >= 0.3 is 0 Å². The lowest BCUT2D eigenvalue weighted by Gasteiger charge is -2.05. The maximum absolute atomic E-state index is 13.0. The van der Waals surface area contributed by atoms with Gasteiger partial charge in [-0.25, -0.2) is 9.38 Å². The largest absolute Gasteiger partial charge is 0.497 e. The van der Waals surface area contributed by atoms with Gasteiger partial charge < -0.3 is 4.74 Å². The van der Waals surface area contributed by atoms with E-state index in [2.05, 4.69) is 0 Å². The number of allylic oxidation sites excluding steroid dienone is 1. The molecule has 0 radical (unpaired) electrons. The number of aliphatic imine (C=N–C) groups is 1. The van der Waals surface area contributed by atoms with Crippen molar-refractivity contribution in [2.45, 2.75) is 4.90 Å². The molecule has 0 amide bonds. The Morgan fingerprint density at radius 2 is 1.62 bits per heavy atom. The van der Waals surface area contributed by atoms with Crippen molar-refractivity contribution in [3.63, 3.8) is 0 Å². The SMILES string of the molecule is COc1ccc(C(C=CSc2ccc(F)cc2)=Nc2ccccc2)cc1. The van der Waals surface area contributed by atoms with E-state index in [1.807, 2.05) is 66.1 Å². The zero-order valence-electron chi connectivity index (χ0n) is 14.3. The topological polar surface area (TPSA) is 21.6 Å². The Morgan fingerprint density at radius 1 is 0.923 bits per heavy atom. The van der Waals surface area contributed by atoms with E-state index >= 15 is 0 Å². The van der Waals surface area contributed by atoms with Gasteiger partial charge in [-0.05, 0) is 72.1 Å². The van der Waals surface area contributed by atoms with Crippen LogP contribution >= 0.6 is 11.8 Å². The van der Waals surface area contributed by atoms with E-state index in [0.717, 1.165) is 27.6 Å². The van der Waals surface area contributed by atoms with Crippen molar-refractivity contribution in [1.29, 1.82) is 0 Å². The Labute approximate surface area is 157 Å². The normalized spacial score (nSPS) is 11.7. The van der Waals surface area contributed by atoms with E-state index in [-0.39, 0.29) is 5.82 Å². The number of halogens is 1. The van der Waals surface area contributed by atoms with Crippen LogP contribution in [0.3, 0.4) is 0 Å². The van der Waals surface area contributed by atoms with Crippen molar-refractivity contribution in [2.75, 3.05) is 7.11 Å². The fourth-order valence-electron chi connectivity index (χ4n) is 2.29. The predicted molar refractivity (Wildman–Crippen MR) is 107 cm³/mol. The molecule has 4 heteroatoms. The van der Waals surface area contributed by atoms with Crippen LogP contribution in [-0.4, -0.2) is 12.8 Å². The molecule has 3 aromatic carbocycles. The summed E-state index contributed by atoms with van der Waals surface area (Å²) in [6.45, 7) is 0. The Bertz CT molecular complexity index is 888. The summed E-state index contributed by atoms with van der Waals surface area (Å²) in [6, 6.07) is 24.0. The quantitative estimate of drug-likeness (QED) is 0.381. The fraction of sp³-hybridized carbons (Fsp3) is 0.0455. The van der Waals surface area contributed by atoms with Crippen molar-refractivity contribution in [1.82, 2.24) is 0 Å². The molecule has 0 aliphatic rings. The van der Waals surface area contributed by atoms with Crippen LogP contribution in [0.5, 0.6) is 5.75 Å². The van der Waals surface area contributed by atoms with Crippen LogP contribution in [0.4, 0.5) is 10.1 Å². The lowest BCUT2D eigenvalue weighted by atomic mass is 10.1. The number of benzene rings is 3. The van der Waals surface area contributed by atoms with Gasteiger partial charge in [0, 0.05) is 10.5 Å². The Morgan fingerprint density at radius 3 is 2.27 bits per heavy atom. The van der Waals surface area contributed by atoms with Crippen molar-refractivity contribution in [3.8, 4) is 5.75 Å². The summed E-state index contributed by atoms with van der Waals surface area (Å²) in [5.74, 6) is 0.570. The lowest BCUT2D eigenvalue weighted by molar-refractivity contribution is 0.415. The standard InChI is InChI=1S/C22H18FNOS/c1-25-20-11-7-17(8-12-20)22(24-19-5-3-2-4-6-19)15-16-26-21-13-9-18(23)10-14-21/h2-16H,1H3. The van der Waals surface area contributed by atoms with E-state index in [4.69, 9.17) is 9.73 Å². The average molecular weight is 363 g/mol. The van der Waals surface area contributed by atoms with E-state index in [1.165, 1.54) is 23.9 Å². The van der Waals surface area contributed by atoms with Gasteiger partial charge in [-0.3, -0.25) is 0 Å². The molecule has 0 aromatic heterocycles. The third-order valence-electron chi connectivity index (χ3n) is 3.64. The first-order valence-corrected chi connectivity index (χ1v) is 8.99. The summed E-state index contributed by atoms with van der Waals surface area (Å²) in [4.78, 5) is 5.71. The summed E-state index contributed by atoms with van der Waals surface area (Å²) in [5.41, 5.74) is 2.72. The van der Waals surface area contributed by atoms with Crippen LogP contribution in [0.1, 0.15) is 5.56 Å². The minimum atomic E-state index is -0.233. The molecule has 0 fully saturated rings. The molecule has 3 rings (SSSR count). The Balaban J connectivity index is 1.85. The van der Waals surface area contributed by atoms with Gasteiger partial charge in [-0.2, -0.15) is 0 Å². The second kappa shape index (κ2) is 9.02. The van der Waals surface area contributed by atoms with Crippen LogP contribution in [-0.2, 0) is 0 Å². The monoisotopic (exact) mass is 363 g/mol. The summed E-state index contributed by atoms with van der Waals surface area (Å²) < 4.78 is 18.2. The average Bonchev–Trinajstić information content (AvgIpc) is 2.69. The highest BCUT2D eigenvalue weighted by atomic mass is 32.2. The van der Waals surface area contributed by atoms with E-state index in [9.17, 15) is 4.39 Å². The van der Waals surface area contributed by atoms with E-state index in [0.29, 0.717) is 0 Å². The molecule has 0 aliphatic heterocycles. The van der Waals surface area contributed by atoms with Gasteiger partial charge in [0.1, 0.15) is 11.6 Å². The van der Waals surface area contributed by atoms with E-state index < -0.39 is 0 Å². The number of hydrogen-bond acceptors (Lipinski definition) is 3. The smallest absolute Gasteiger partial charge is 0.123 e. The van der Waals surface area contributed by atoms with Crippen molar-refractivity contribution in [3.05, 3.63) is 102 Å². The molecule has 26 heavy (non-hydrogen) atoms. The first kappa shape index (κ1) is 18.0. The maximum Gasteiger partial charge on any atom is 0.123 e. The summed E-state index contributed by atoms with van der Waals surface area (Å²) >= 11 is 1.52. The number of para-hydroxylation sites is 1. The number of thioether (sulfide) groups is 1. The summed E-state index contributed by atoms with van der Waals surface area (Å²) in [6.07, 6.45) is 1.96. The van der Waals surface area contributed by atoms with Gasteiger partial charge in [0.05, 0.1) is 18.5 Å². The van der Waals surface area contributed by atoms with Crippen LogP contribution in [0.2, 0.25) is 0 Å². The highest BCUT2D eigenvalue weighted by molar-refractivity contribution is 8.02. The van der Waals surface area contributed by atoms with Crippen LogP contribution in [0.15, 0.2) is 100 Å². The van der Waals surface area contributed by atoms with Gasteiger partial charge in [-0.15, -0.1) is 0 Å². The molecule has 130 valence electrons. The van der Waals surface area contributed by atoms with Crippen molar-refractivity contribution < 1.29 is 9.13 Å². The molecule has 0 bridgehead atoms. The molecular formula is C22H18FNOS. The molecular weight excluding hydrogens is 345 g/mol. The van der Waals surface area contributed by atoms with Crippen molar-refractivity contribution >= 4 is 23.2 Å². The third-order valence-corrected chi connectivity index (χ3v) is 4.45. The first-order chi connectivity index (χ1) is 12.7. The zero-order chi connectivity index (χ0) is 18.2. The Hall–Kier alpha value is -2.85. The highest BCUT2D eigenvalue weighted by Gasteiger charge is 2.02. The molecule has 0 N–H and O–H groups in total. The van der Waals surface area contributed by atoms with Gasteiger partial charge in [0.15, 0.2) is 0 Å². The van der Waals surface area contributed by atoms with Crippen LogP contribution < -0.4 is 4.74 Å². The molecule has 0 aliphatic carbocycles. The van der Waals surface area contributed by atoms with Crippen LogP contribution in [0, 0.1) is 5.82 Å². The number of methoxy groups -OCH3 is 1. The van der Waals surface area contributed by atoms with Crippen molar-refractivity contribution in [2.24, 2.45) is 4.99 Å². The molecule has 0 saturated heterocycles. The van der Waals surface area contributed by atoms with Crippen LogP contribution in [0.25, 0.3) is 0 Å². The number of hydrogen-bond donors (Lipinski definition) is 0. The second-order valence-corrected chi connectivity index (χ2v) is 6.41. The molecule has 3 aromatic rings. The molecule has 0 atom stereocenters. The van der Waals surface area contributed by atoms with E-state index in [1.54, 1.807) is 19.2 Å². The maximum atomic E-state index is 13.0. The van der Waals surface area contributed by atoms with Gasteiger partial charge in [0.25, 0.3) is 0 Å². The minimum Gasteiger partial charge on any atom is -0.497 e. The zero-order valence-corrected chi connectivity index (χ0v) is 15.1. The summed E-state index contributed by atoms with van der Waals surface area (Å²) in [7, 11) is 1.65. The number of nitrogens with zero attached hydrogens (tertiary/aromatic N) is 1. The lowest BCUT2D eigenvalue weighted by Crippen LogP contribution is -1.96.